The van der Waals surface area contributed by atoms with Crippen molar-refractivity contribution in [1.82, 2.24) is 19.7 Å². The summed E-state index contributed by atoms with van der Waals surface area (Å²) in [6.07, 6.45) is 5.41. The van der Waals surface area contributed by atoms with Gasteiger partial charge >= 0.3 is 0 Å². The maximum Gasteiger partial charge on any atom is 0.101 e. The average molecular weight is 184 g/mol. The number of benzene rings is 1. The lowest BCUT2D eigenvalue weighted by Gasteiger charge is -1.97. The van der Waals surface area contributed by atoms with Gasteiger partial charge in [0.1, 0.15) is 6.33 Å². The molecule has 0 aliphatic heterocycles. The predicted molar refractivity (Wildman–Crippen MR) is 53.2 cm³/mol. The third-order valence-electron chi connectivity index (χ3n) is 2.22. The van der Waals surface area contributed by atoms with Crippen LogP contribution in [0.15, 0.2) is 43.0 Å². The van der Waals surface area contributed by atoms with Gasteiger partial charge in [0, 0.05) is 6.20 Å². The molecule has 0 aliphatic carbocycles. The highest BCUT2D eigenvalue weighted by Crippen LogP contribution is 2.16. The lowest BCUT2D eigenvalue weighted by molar-refractivity contribution is 1.09. The maximum atomic E-state index is 4.30. The predicted octanol–water partition coefficient (Wildman–Crippen LogP) is 1.75. The molecule has 68 valence electrons. The van der Waals surface area contributed by atoms with Gasteiger partial charge in [-0.25, -0.2) is 4.98 Å². The maximum absolute atomic E-state index is 4.30. The molecule has 1 aromatic carbocycles. The smallest absolute Gasteiger partial charge is 0.101 e. The first-order chi connectivity index (χ1) is 6.95. The third-order valence-corrected chi connectivity index (χ3v) is 2.22. The molecular formula is C10H8N4. The molecule has 0 radical (unpaired) electrons. The van der Waals surface area contributed by atoms with Crippen molar-refractivity contribution in [2.45, 2.75) is 0 Å². The Bertz CT molecular complexity index is 550. The van der Waals surface area contributed by atoms with E-state index in [0.29, 0.717) is 0 Å². The van der Waals surface area contributed by atoms with Gasteiger partial charge in [-0.05, 0) is 12.1 Å². The topological polar surface area (TPSA) is 46.5 Å². The molecule has 0 bridgehead atoms. The van der Waals surface area contributed by atoms with Gasteiger partial charge < -0.3 is 0 Å². The van der Waals surface area contributed by atoms with Crippen LogP contribution in [-0.2, 0) is 0 Å². The lowest BCUT2D eigenvalue weighted by atomic mass is 10.3. The summed E-state index contributed by atoms with van der Waals surface area (Å²) in [4.78, 5) is 4.30. The summed E-state index contributed by atoms with van der Waals surface area (Å²) >= 11 is 0. The van der Waals surface area contributed by atoms with E-state index in [-0.39, 0.29) is 0 Å². The Morgan fingerprint density at radius 1 is 1.21 bits per heavy atom. The van der Waals surface area contributed by atoms with Crippen LogP contribution in [0.1, 0.15) is 0 Å². The molecule has 1 N–H and O–H groups in total. The third kappa shape index (κ3) is 0.939. The van der Waals surface area contributed by atoms with Crippen molar-refractivity contribution in [1.29, 1.82) is 0 Å². The van der Waals surface area contributed by atoms with Gasteiger partial charge in [0.25, 0.3) is 0 Å². The fraction of sp³-hybridized carbons (Fsp3) is 0. The first kappa shape index (κ1) is 7.32. The van der Waals surface area contributed by atoms with E-state index in [4.69, 9.17) is 0 Å². The standard InChI is InChI=1S/C10H8N4/c1-2-4-10-9(3-1)11-7-14(10)8-5-12-13-6-8/h1-7H,(H,12,13). The molecule has 2 aromatic heterocycles. The zero-order chi connectivity index (χ0) is 9.38. The Labute approximate surface area is 80.2 Å². The van der Waals surface area contributed by atoms with Gasteiger partial charge in [-0.2, -0.15) is 5.10 Å². The van der Waals surface area contributed by atoms with Crippen molar-refractivity contribution in [3.63, 3.8) is 0 Å². The van der Waals surface area contributed by atoms with Gasteiger partial charge in [-0.3, -0.25) is 9.67 Å². The first-order valence-electron chi connectivity index (χ1n) is 4.36. The molecule has 4 nitrogen and oxygen atoms in total. The van der Waals surface area contributed by atoms with E-state index in [1.54, 1.807) is 12.5 Å². The Morgan fingerprint density at radius 3 is 3.00 bits per heavy atom. The highest BCUT2D eigenvalue weighted by atomic mass is 15.1. The van der Waals surface area contributed by atoms with E-state index >= 15 is 0 Å². The first-order valence-corrected chi connectivity index (χ1v) is 4.36. The molecule has 0 atom stereocenters. The Hall–Kier alpha value is -2.10. The number of H-pyrrole nitrogens is 1. The number of rotatable bonds is 1. The molecule has 4 heteroatoms. The van der Waals surface area contributed by atoms with E-state index in [1.807, 2.05) is 35.0 Å². The van der Waals surface area contributed by atoms with Crippen molar-refractivity contribution in [3.05, 3.63) is 43.0 Å². The van der Waals surface area contributed by atoms with Gasteiger partial charge in [-0.15, -0.1) is 0 Å². The number of nitrogens with zero attached hydrogens (tertiary/aromatic N) is 3. The van der Waals surface area contributed by atoms with Crippen LogP contribution < -0.4 is 0 Å². The lowest BCUT2D eigenvalue weighted by Crippen LogP contribution is -1.88. The fourth-order valence-corrected chi connectivity index (χ4v) is 1.54. The van der Waals surface area contributed by atoms with Crippen molar-refractivity contribution < 1.29 is 0 Å². The highest BCUT2D eigenvalue weighted by molar-refractivity contribution is 5.76. The SMILES string of the molecule is c1ccc2c(c1)ncn2-c1cn[nH]c1. The van der Waals surface area contributed by atoms with Gasteiger partial charge in [0.05, 0.1) is 22.9 Å². The highest BCUT2D eigenvalue weighted by Gasteiger charge is 2.03. The molecule has 14 heavy (non-hydrogen) atoms. The van der Waals surface area contributed by atoms with E-state index in [2.05, 4.69) is 15.2 Å². The van der Waals surface area contributed by atoms with Crippen LogP contribution in [0, 0.1) is 0 Å². The number of aromatic amines is 1. The minimum atomic E-state index is 0.994. The Morgan fingerprint density at radius 2 is 2.14 bits per heavy atom. The second kappa shape index (κ2) is 2.70. The molecule has 0 spiro atoms. The Balaban J connectivity index is 2.33. The molecule has 2 heterocycles. The number of hydrogen-bond donors (Lipinski definition) is 1. The van der Waals surface area contributed by atoms with Crippen LogP contribution in [0.3, 0.4) is 0 Å². The minimum Gasteiger partial charge on any atom is -0.296 e. The summed E-state index contributed by atoms with van der Waals surface area (Å²) in [6.45, 7) is 0. The molecule has 0 aliphatic rings. The molecular weight excluding hydrogens is 176 g/mol. The van der Waals surface area contributed by atoms with Crippen LogP contribution in [0.4, 0.5) is 0 Å². The van der Waals surface area contributed by atoms with E-state index in [9.17, 15) is 0 Å². The molecule has 0 saturated heterocycles. The van der Waals surface area contributed by atoms with Crippen molar-refractivity contribution in [3.8, 4) is 5.69 Å². The van der Waals surface area contributed by atoms with E-state index < -0.39 is 0 Å². The van der Waals surface area contributed by atoms with Crippen LogP contribution in [0.25, 0.3) is 16.7 Å². The summed E-state index contributed by atoms with van der Waals surface area (Å²) in [5.41, 5.74) is 3.08. The fourth-order valence-electron chi connectivity index (χ4n) is 1.54. The number of nitrogens with one attached hydrogen (secondary N) is 1. The van der Waals surface area contributed by atoms with E-state index in [0.717, 1.165) is 16.7 Å². The van der Waals surface area contributed by atoms with E-state index in [1.165, 1.54) is 0 Å². The number of para-hydroxylation sites is 2. The number of imidazole rings is 1. The zero-order valence-electron chi connectivity index (χ0n) is 7.38. The molecule has 3 aromatic rings. The largest absolute Gasteiger partial charge is 0.296 e. The van der Waals surface area contributed by atoms with Gasteiger partial charge in [0.15, 0.2) is 0 Å². The summed E-state index contributed by atoms with van der Waals surface area (Å²) in [6, 6.07) is 8.01. The van der Waals surface area contributed by atoms with Crippen molar-refractivity contribution in [2.75, 3.05) is 0 Å². The molecule has 0 fully saturated rings. The zero-order valence-corrected chi connectivity index (χ0v) is 7.38. The molecule has 0 saturated carbocycles. The van der Waals surface area contributed by atoms with Crippen LogP contribution in [0.5, 0.6) is 0 Å². The van der Waals surface area contributed by atoms with Crippen molar-refractivity contribution in [2.24, 2.45) is 0 Å². The molecule has 0 amide bonds. The minimum absolute atomic E-state index is 0.994. The molecule has 3 rings (SSSR count). The second-order valence-electron chi connectivity index (χ2n) is 3.06. The van der Waals surface area contributed by atoms with Crippen LogP contribution >= 0.6 is 0 Å². The number of fused-ring (bicyclic) bond motifs is 1. The number of aromatic nitrogens is 4. The van der Waals surface area contributed by atoms with Crippen molar-refractivity contribution >= 4 is 11.0 Å². The summed E-state index contributed by atoms with van der Waals surface area (Å²) in [5, 5.41) is 6.70. The van der Waals surface area contributed by atoms with Crippen LogP contribution in [-0.4, -0.2) is 19.7 Å². The monoisotopic (exact) mass is 184 g/mol. The Kier molecular flexibility index (Phi) is 1.41. The summed E-state index contributed by atoms with van der Waals surface area (Å²) in [7, 11) is 0. The van der Waals surface area contributed by atoms with Gasteiger partial charge in [0.2, 0.25) is 0 Å². The average Bonchev–Trinajstić information content (AvgIpc) is 2.85. The summed E-state index contributed by atoms with van der Waals surface area (Å²) < 4.78 is 2.00. The van der Waals surface area contributed by atoms with Crippen LogP contribution in [0.2, 0.25) is 0 Å². The normalized spacial score (nSPS) is 10.9. The second-order valence-corrected chi connectivity index (χ2v) is 3.06. The van der Waals surface area contributed by atoms with Gasteiger partial charge in [-0.1, -0.05) is 12.1 Å². The molecule has 0 unspecified atom stereocenters. The summed E-state index contributed by atoms with van der Waals surface area (Å²) in [5.74, 6) is 0. The quantitative estimate of drug-likeness (QED) is 0.626. The number of hydrogen-bond acceptors (Lipinski definition) is 2.